The standard InChI is InChI=1S/C19H22N6O2.C2H6O3S/c1-19(2)24-17(20)23-18(21)25(19)14-9-6-10-15(11-14)27-12-16(26)22-13-7-4-3-5-8-13;1-2-6(3,4)5/h3-11H,12H2,1-2H3,(H,22,26)(H4,20,21,23,24);2H2,1H3,(H,3,4,5). The minimum atomic E-state index is -3.66. The number of nitrogens with one attached hydrogen (secondary N) is 1. The molecule has 0 spiro atoms. The van der Waals surface area contributed by atoms with Gasteiger partial charge in [0, 0.05) is 17.4 Å². The zero-order valence-corrected chi connectivity index (χ0v) is 19.4. The van der Waals surface area contributed by atoms with Crippen LogP contribution in [0.25, 0.3) is 0 Å². The molecule has 0 aromatic heterocycles. The third-order valence-electron chi connectivity index (χ3n) is 4.26. The maximum Gasteiger partial charge on any atom is 0.264 e. The van der Waals surface area contributed by atoms with E-state index in [2.05, 4.69) is 15.3 Å². The summed E-state index contributed by atoms with van der Waals surface area (Å²) in [6.07, 6.45) is 0. The second-order valence-corrected chi connectivity index (χ2v) is 9.08. The molecule has 6 N–H and O–H groups in total. The van der Waals surface area contributed by atoms with Crippen LogP contribution < -0.4 is 26.4 Å². The summed E-state index contributed by atoms with van der Waals surface area (Å²) in [5, 5.41) is 2.77. The van der Waals surface area contributed by atoms with Crippen LogP contribution in [-0.4, -0.2) is 48.8 Å². The van der Waals surface area contributed by atoms with Crippen LogP contribution in [0.1, 0.15) is 20.8 Å². The van der Waals surface area contributed by atoms with E-state index in [1.807, 2.05) is 56.3 Å². The van der Waals surface area contributed by atoms with E-state index in [1.54, 1.807) is 17.0 Å². The third kappa shape index (κ3) is 8.09. The summed E-state index contributed by atoms with van der Waals surface area (Å²) in [5.74, 6) is 0.461. The molecule has 2 aromatic carbocycles. The van der Waals surface area contributed by atoms with E-state index >= 15 is 0 Å². The van der Waals surface area contributed by atoms with Crippen molar-refractivity contribution in [3.63, 3.8) is 0 Å². The molecule has 0 radical (unpaired) electrons. The van der Waals surface area contributed by atoms with Gasteiger partial charge in [0.15, 0.2) is 6.61 Å². The van der Waals surface area contributed by atoms with Gasteiger partial charge in [-0.15, -0.1) is 0 Å². The molecule has 0 fully saturated rings. The monoisotopic (exact) mass is 476 g/mol. The molecule has 1 aliphatic rings. The quantitative estimate of drug-likeness (QED) is 0.457. The van der Waals surface area contributed by atoms with Gasteiger partial charge in [-0.3, -0.25) is 14.2 Å². The molecule has 1 heterocycles. The van der Waals surface area contributed by atoms with Crippen molar-refractivity contribution in [2.24, 2.45) is 21.5 Å². The first-order valence-corrected chi connectivity index (χ1v) is 11.5. The zero-order chi connectivity index (χ0) is 24.6. The topological polar surface area (TPSA) is 173 Å². The van der Waals surface area contributed by atoms with Gasteiger partial charge in [-0.1, -0.05) is 24.3 Å². The van der Waals surface area contributed by atoms with Crippen molar-refractivity contribution >= 4 is 39.3 Å². The van der Waals surface area contributed by atoms with Crippen LogP contribution in [0, 0.1) is 0 Å². The molecule has 3 rings (SSSR count). The molecule has 0 saturated carbocycles. The number of benzene rings is 2. The molecule has 2 aromatic rings. The fourth-order valence-electron chi connectivity index (χ4n) is 2.83. The maximum absolute atomic E-state index is 12.0. The lowest BCUT2D eigenvalue weighted by Crippen LogP contribution is -2.54. The summed E-state index contributed by atoms with van der Waals surface area (Å²) < 4.78 is 32.5. The minimum Gasteiger partial charge on any atom is -0.484 e. The van der Waals surface area contributed by atoms with E-state index in [0.717, 1.165) is 5.69 Å². The summed E-state index contributed by atoms with van der Waals surface area (Å²) in [7, 11) is -3.66. The van der Waals surface area contributed by atoms with Crippen molar-refractivity contribution in [3.8, 4) is 5.75 Å². The Balaban J connectivity index is 0.000000569. The second kappa shape index (κ2) is 10.8. The van der Waals surface area contributed by atoms with Crippen LogP contribution in [0.3, 0.4) is 0 Å². The van der Waals surface area contributed by atoms with Crippen LogP contribution in [0.15, 0.2) is 64.6 Å². The Bertz CT molecular complexity index is 1130. The maximum atomic E-state index is 12.0. The smallest absolute Gasteiger partial charge is 0.264 e. The first-order valence-electron chi connectivity index (χ1n) is 9.94. The first-order chi connectivity index (χ1) is 15.4. The SMILES string of the molecule is CC1(C)N=C(N)N=C(N)N1c1cccc(OCC(=O)Nc2ccccc2)c1.CCS(=O)(=O)O. The van der Waals surface area contributed by atoms with Gasteiger partial charge < -0.3 is 21.5 Å². The van der Waals surface area contributed by atoms with Gasteiger partial charge in [0.1, 0.15) is 11.4 Å². The molecule has 11 nitrogen and oxygen atoms in total. The molecular formula is C21H28N6O5S. The van der Waals surface area contributed by atoms with E-state index in [4.69, 9.17) is 20.8 Å². The molecule has 1 aliphatic heterocycles. The number of nitrogens with two attached hydrogens (primary N) is 2. The lowest BCUT2D eigenvalue weighted by atomic mass is 10.1. The molecule has 0 bridgehead atoms. The van der Waals surface area contributed by atoms with Crippen molar-refractivity contribution in [2.45, 2.75) is 26.4 Å². The number of nitrogens with zero attached hydrogens (tertiary/aromatic N) is 3. The average Bonchev–Trinajstić information content (AvgIpc) is 2.72. The summed E-state index contributed by atoms with van der Waals surface area (Å²) in [4.78, 5) is 22.1. The predicted molar refractivity (Wildman–Crippen MR) is 129 cm³/mol. The van der Waals surface area contributed by atoms with E-state index in [9.17, 15) is 13.2 Å². The second-order valence-electron chi connectivity index (χ2n) is 7.34. The Morgan fingerprint density at radius 3 is 2.36 bits per heavy atom. The van der Waals surface area contributed by atoms with Gasteiger partial charge in [-0.25, -0.2) is 4.99 Å². The highest BCUT2D eigenvalue weighted by Gasteiger charge is 2.33. The number of hydrogen-bond acceptors (Lipinski definition) is 9. The lowest BCUT2D eigenvalue weighted by Gasteiger charge is -2.38. The predicted octanol–water partition coefficient (Wildman–Crippen LogP) is 1.78. The first kappa shape index (κ1) is 25.6. The molecule has 1 amide bonds. The van der Waals surface area contributed by atoms with E-state index in [-0.39, 0.29) is 30.2 Å². The van der Waals surface area contributed by atoms with Crippen LogP contribution in [0.5, 0.6) is 5.75 Å². The Kier molecular flexibility index (Phi) is 8.38. The Hall–Kier alpha value is -3.64. The van der Waals surface area contributed by atoms with E-state index < -0.39 is 15.8 Å². The number of anilines is 2. The molecule has 0 aliphatic carbocycles. The normalized spacial score (nSPS) is 14.8. The largest absolute Gasteiger partial charge is 0.484 e. The molecule has 0 unspecified atom stereocenters. The summed E-state index contributed by atoms with van der Waals surface area (Å²) >= 11 is 0. The lowest BCUT2D eigenvalue weighted by molar-refractivity contribution is -0.118. The number of rotatable bonds is 6. The highest BCUT2D eigenvalue weighted by molar-refractivity contribution is 7.85. The molecule has 0 saturated heterocycles. The van der Waals surface area contributed by atoms with Crippen LogP contribution in [0.2, 0.25) is 0 Å². The summed E-state index contributed by atoms with van der Waals surface area (Å²) in [6.45, 7) is 5.01. The number of amides is 1. The van der Waals surface area contributed by atoms with Gasteiger partial charge in [0.25, 0.3) is 16.0 Å². The van der Waals surface area contributed by atoms with E-state index in [1.165, 1.54) is 6.92 Å². The Morgan fingerprint density at radius 2 is 1.79 bits per heavy atom. The number of ether oxygens (including phenoxy) is 1. The fraction of sp³-hybridized carbons (Fsp3) is 0.286. The van der Waals surface area contributed by atoms with Crippen molar-refractivity contribution in [2.75, 3.05) is 22.6 Å². The molecule has 33 heavy (non-hydrogen) atoms. The molecule has 178 valence electrons. The number of hydrogen-bond donors (Lipinski definition) is 4. The van der Waals surface area contributed by atoms with E-state index in [0.29, 0.717) is 11.4 Å². The minimum absolute atomic E-state index is 0.115. The summed E-state index contributed by atoms with van der Waals surface area (Å²) in [5.41, 5.74) is 12.5. The van der Waals surface area contributed by atoms with Crippen molar-refractivity contribution in [3.05, 3.63) is 54.6 Å². The number of aliphatic imine (C=N–C) groups is 2. The van der Waals surface area contributed by atoms with Gasteiger partial charge in [-0.2, -0.15) is 13.4 Å². The number of carbonyl (C=O) groups is 1. The number of para-hydroxylation sites is 1. The highest BCUT2D eigenvalue weighted by atomic mass is 32.2. The molecule has 0 atom stereocenters. The van der Waals surface area contributed by atoms with Crippen molar-refractivity contribution in [1.82, 2.24) is 0 Å². The van der Waals surface area contributed by atoms with Gasteiger partial charge >= 0.3 is 0 Å². The molecule has 12 heteroatoms. The van der Waals surface area contributed by atoms with Crippen LogP contribution in [-0.2, 0) is 14.9 Å². The van der Waals surface area contributed by atoms with Gasteiger partial charge in [0.05, 0.1) is 5.75 Å². The number of carbonyl (C=O) groups excluding carboxylic acids is 1. The van der Waals surface area contributed by atoms with Crippen molar-refractivity contribution < 1.29 is 22.5 Å². The number of guanidine groups is 2. The van der Waals surface area contributed by atoms with Crippen molar-refractivity contribution in [1.29, 1.82) is 0 Å². The Labute approximate surface area is 192 Å². The third-order valence-corrected chi connectivity index (χ3v) is 4.99. The van der Waals surface area contributed by atoms with Gasteiger partial charge in [-0.05, 0) is 45.0 Å². The average molecular weight is 477 g/mol. The molecular weight excluding hydrogens is 448 g/mol. The zero-order valence-electron chi connectivity index (χ0n) is 18.6. The Morgan fingerprint density at radius 1 is 1.15 bits per heavy atom. The summed E-state index contributed by atoms with van der Waals surface area (Å²) in [6, 6.07) is 16.4. The fourth-order valence-corrected chi connectivity index (χ4v) is 2.83. The van der Waals surface area contributed by atoms with Crippen LogP contribution in [0.4, 0.5) is 11.4 Å². The van der Waals surface area contributed by atoms with Gasteiger partial charge in [0.2, 0.25) is 11.9 Å². The highest BCUT2D eigenvalue weighted by Crippen LogP contribution is 2.29. The van der Waals surface area contributed by atoms with Crippen LogP contribution >= 0.6 is 0 Å².